The van der Waals surface area contributed by atoms with Crippen LogP contribution in [-0.4, -0.2) is 28.8 Å². The summed E-state index contributed by atoms with van der Waals surface area (Å²) in [5, 5.41) is 2.68. The van der Waals surface area contributed by atoms with Crippen LogP contribution < -0.4 is 5.32 Å². The Labute approximate surface area is 133 Å². The summed E-state index contributed by atoms with van der Waals surface area (Å²) in [7, 11) is 0. The topological polar surface area (TPSA) is 49.4 Å². The zero-order valence-electron chi connectivity index (χ0n) is 14.8. The largest absolute Gasteiger partial charge is 0.330 e. The molecule has 4 nitrogen and oxygen atoms in total. The number of anilines is 1. The average molecular weight is 304 g/mol. The maximum atomic E-state index is 12.3. The Bertz CT molecular complexity index is 534. The lowest BCUT2D eigenvalue weighted by molar-refractivity contribution is -0.146. The molecule has 0 aliphatic heterocycles. The number of nitrogens with one attached hydrogen (secondary N) is 1. The zero-order valence-corrected chi connectivity index (χ0v) is 14.8. The molecule has 22 heavy (non-hydrogen) atoms. The third-order valence-corrected chi connectivity index (χ3v) is 3.57. The molecular weight excluding hydrogens is 276 g/mol. The smallest absolute Gasteiger partial charge is 0.313 e. The molecule has 0 heterocycles. The van der Waals surface area contributed by atoms with Gasteiger partial charge in [0.25, 0.3) is 0 Å². The highest BCUT2D eigenvalue weighted by Crippen LogP contribution is 2.23. The normalized spacial score (nSPS) is 12.0. The highest BCUT2D eigenvalue weighted by atomic mass is 16.2. The van der Waals surface area contributed by atoms with Crippen molar-refractivity contribution in [2.75, 3.05) is 11.9 Å². The van der Waals surface area contributed by atoms with Crippen molar-refractivity contribution in [3.8, 4) is 0 Å². The van der Waals surface area contributed by atoms with Crippen molar-refractivity contribution in [3.05, 3.63) is 29.8 Å². The Morgan fingerprint density at radius 2 is 1.50 bits per heavy atom. The summed E-state index contributed by atoms with van der Waals surface area (Å²) in [5.41, 5.74) is 1.50. The monoisotopic (exact) mass is 304 g/mol. The number of rotatable bonds is 2. The van der Waals surface area contributed by atoms with Crippen molar-refractivity contribution < 1.29 is 9.59 Å². The number of amides is 2. The van der Waals surface area contributed by atoms with E-state index in [1.54, 1.807) is 4.90 Å². The molecule has 2 amide bonds. The summed E-state index contributed by atoms with van der Waals surface area (Å²) in [6.45, 7) is 14.5. The van der Waals surface area contributed by atoms with Gasteiger partial charge >= 0.3 is 11.8 Å². The molecule has 122 valence electrons. The predicted octanol–water partition coefficient (Wildman–Crippen LogP) is 3.57. The van der Waals surface area contributed by atoms with Crippen LogP contribution in [0, 0.1) is 0 Å². The van der Waals surface area contributed by atoms with Crippen LogP contribution in [0.5, 0.6) is 0 Å². The lowest BCUT2D eigenvalue weighted by Gasteiger charge is -2.34. The maximum Gasteiger partial charge on any atom is 0.313 e. The van der Waals surface area contributed by atoms with E-state index in [4.69, 9.17) is 0 Å². The quantitative estimate of drug-likeness (QED) is 0.849. The first-order valence-electron chi connectivity index (χ1n) is 7.70. The molecule has 0 radical (unpaired) electrons. The molecule has 0 bridgehead atoms. The number of carbonyl (C=O) groups is 2. The minimum absolute atomic E-state index is 0.0591. The molecule has 1 N–H and O–H groups in total. The van der Waals surface area contributed by atoms with Crippen molar-refractivity contribution in [2.24, 2.45) is 0 Å². The van der Waals surface area contributed by atoms with Crippen molar-refractivity contribution in [1.29, 1.82) is 0 Å². The van der Waals surface area contributed by atoms with Crippen LogP contribution >= 0.6 is 0 Å². The van der Waals surface area contributed by atoms with Gasteiger partial charge in [-0.05, 0) is 50.8 Å². The molecule has 0 atom stereocenters. The van der Waals surface area contributed by atoms with Crippen LogP contribution in [0.25, 0.3) is 0 Å². The summed E-state index contributed by atoms with van der Waals surface area (Å²) in [6, 6.07) is 7.61. The third-order valence-electron chi connectivity index (χ3n) is 3.57. The fourth-order valence-electron chi connectivity index (χ4n) is 2.28. The van der Waals surface area contributed by atoms with Gasteiger partial charge in [0.2, 0.25) is 0 Å². The summed E-state index contributed by atoms with van der Waals surface area (Å²) in [4.78, 5) is 26.0. The molecule has 0 saturated heterocycles. The minimum Gasteiger partial charge on any atom is -0.330 e. The first-order chi connectivity index (χ1) is 9.96. The minimum atomic E-state index is -0.597. The Morgan fingerprint density at radius 3 is 1.86 bits per heavy atom. The number of likely N-dealkylation sites (N-methyl/N-ethyl adjacent to an activating group) is 1. The van der Waals surface area contributed by atoms with E-state index in [0.29, 0.717) is 12.2 Å². The third kappa shape index (κ3) is 4.58. The van der Waals surface area contributed by atoms with E-state index in [1.165, 1.54) is 5.56 Å². The van der Waals surface area contributed by atoms with Crippen LogP contribution in [0.1, 0.15) is 54.0 Å². The van der Waals surface area contributed by atoms with Gasteiger partial charge in [0.1, 0.15) is 0 Å². The highest BCUT2D eigenvalue weighted by molar-refractivity contribution is 6.39. The Kier molecular flexibility index (Phi) is 5.39. The van der Waals surface area contributed by atoms with E-state index >= 15 is 0 Å². The molecule has 0 saturated carbocycles. The van der Waals surface area contributed by atoms with E-state index in [1.807, 2.05) is 52.0 Å². The lowest BCUT2D eigenvalue weighted by atomic mass is 9.87. The van der Waals surface area contributed by atoms with E-state index < -0.39 is 11.8 Å². The number of benzene rings is 1. The van der Waals surface area contributed by atoms with Crippen LogP contribution in [0.3, 0.4) is 0 Å². The molecule has 1 aromatic rings. The summed E-state index contributed by atoms with van der Waals surface area (Å²) in [6.07, 6.45) is 0. The van der Waals surface area contributed by atoms with Gasteiger partial charge < -0.3 is 10.2 Å². The van der Waals surface area contributed by atoms with Gasteiger partial charge in [-0.2, -0.15) is 0 Å². The van der Waals surface area contributed by atoms with Gasteiger partial charge in [0.05, 0.1) is 0 Å². The molecule has 0 spiro atoms. The van der Waals surface area contributed by atoms with Crippen LogP contribution in [-0.2, 0) is 15.0 Å². The lowest BCUT2D eigenvalue weighted by Crippen LogP contribution is -2.49. The molecule has 0 fully saturated rings. The summed E-state index contributed by atoms with van der Waals surface area (Å²) >= 11 is 0. The number of hydrogen-bond acceptors (Lipinski definition) is 2. The summed E-state index contributed by atoms with van der Waals surface area (Å²) in [5.74, 6) is -1.10. The first kappa shape index (κ1) is 18.2. The van der Waals surface area contributed by atoms with Crippen LogP contribution in [0.4, 0.5) is 5.69 Å². The molecule has 1 aromatic carbocycles. The van der Waals surface area contributed by atoms with Gasteiger partial charge in [-0.15, -0.1) is 0 Å². The molecule has 4 heteroatoms. The van der Waals surface area contributed by atoms with Gasteiger partial charge in [-0.25, -0.2) is 0 Å². The van der Waals surface area contributed by atoms with Crippen molar-refractivity contribution in [3.63, 3.8) is 0 Å². The van der Waals surface area contributed by atoms with E-state index in [9.17, 15) is 9.59 Å². The van der Waals surface area contributed by atoms with Crippen LogP contribution in [0.15, 0.2) is 24.3 Å². The number of nitrogens with zero attached hydrogens (tertiary/aromatic N) is 1. The van der Waals surface area contributed by atoms with Crippen molar-refractivity contribution in [1.82, 2.24) is 4.90 Å². The van der Waals surface area contributed by atoms with Gasteiger partial charge in [-0.3, -0.25) is 9.59 Å². The van der Waals surface area contributed by atoms with Gasteiger partial charge in [0.15, 0.2) is 0 Å². The van der Waals surface area contributed by atoms with E-state index in [0.717, 1.165) is 0 Å². The van der Waals surface area contributed by atoms with Crippen molar-refractivity contribution >= 4 is 17.5 Å². The average Bonchev–Trinajstić information content (AvgIpc) is 2.37. The second-order valence-corrected chi connectivity index (χ2v) is 7.50. The first-order valence-corrected chi connectivity index (χ1v) is 7.70. The number of hydrogen-bond donors (Lipinski definition) is 1. The Morgan fingerprint density at radius 1 is 1.00 bits per heavy atom. The molecule has 0 aliphatic carbocycles. The Balaban J connectivity index is 2.82. The molecular formula is C18H28N2O2. The van der Waals surface area contributed by atoms with E-state index in [-0.39, 0.29) is 11.0 Å². The second-order valence-electron chi connectivity index (χ2n) is 7.50. The SMILES string of the molecule is CCN(C(=O)C(=O)Nc1ccc(C(C)(C)C)cc1)C(C)(C)C. The fraction of sp³-hybridized carbons (Fsp3) is 0.556. The van der Waals surface area contributed by atoms with E-state index in [2.05, 4.69) is 26.1 Å². The zero-order chi connectivity index (χ0) is 17.1. The standard InChI is InChI=1S/C18H28N2O2/c1-8-20(18(5,6)7)16(22)15(21)19-14-11-9-13(10-12-14)17(2,3)4/h9-12H,8H2,1-7H3,(H,19,21). The molecule has 1 rings (SSSR count). The second kappa shape index (κ2) is 6.51. The van der Waals surface area contributed by atoms with Crippen LogP contribution in [0.2, 0.25) is 0 Å². The fourth-order valence-corrected chi connectivity index (χ4v) is 2.28. The predicted molar refractivity (Wildman–Crippen MR) is 90.9 cm³/mol. The number of carbonyl (C=O) groups excluding carboxylic acids is 2. The maximum absolute atomic E-state index is 12.3. The van der Waals surface area contributed by atoms with Gasteiger partial charge in [-0.1, -0.05) is 32.9 Å². The molecule has 0 unspecified atom stereocenters. The molecule has 0 aromatic heterocycles. The summed E-state index contributed by atoms with van der Waals surface area (Å²) < 4.78 is 0. The molecule has 0 aliphatic rings. The van der Waals surface area contributed by atoms with Gasteiger partial charge in [0, 0.05) is 17.8 Å². The Hall–Kier alpha value is -1.84. The van der Waals surface area contributed by atoms with Crippen molar-refractivity contribution in [2.45, 2.75) is 59.4 Å². The highest BCUT2D eigenvalue weighted by Gasteiger charge is 2.29.